The fourth-order valence-electron chi connectivity index (χ4n) is 2.94. The normalized spacial score (nSPS) is 22.9. The van der Waals surface area contributed by atoms with Gasteiger partial charge in [-0.05, 0) is 20.8 Å². The van der Waals surface area contributed by atoms with Gasteiger partial charge in [0.05, 0.1) is 24.9 Å². The molecule has 22 heavy (non-hydrogen) atoms. The largest absolute Gasteiger partial charge is 0.347 e. The molecule has 3 rings (SSSR count). The number of carbonyl (C=O) groups excluding carboxylic acids is 1. The lowest BCUT2D eigenvalue weighted by molar-refractivity contribution is -0.187. The molecule has 1 N–H and O–H groups in total. The SMILES string of the molecule is Cc1nc(NC(=O)C(C)N2CCC3(CC2)OCCO3)sc1C. The molecule has 1 aromatic heterocycles. The van der Waals surface area contributed by atoms with Crippen molar-refractivity contribution in [3.8, 4) is 0 Å². The van der Waals surface area contributed by atoms with Crippen LogP contribution < -0.4 is 5.32 Å². The molecular weight excluding hydrogens is 302 g/mol. The quantitative estimate of drug-likeness (QED) is 0.920. The summed E-state index contributed by atoms with van der Waals surface area (Å²) in [7, 11) is 0. The van der Waals surface area contributed by atoms with E-state index in [9.17, 15) is 4.79 Å². The molecule has 0 radical (unpaired) electrons. The Balaban J connectivity index is 1.55. The molecule has 122 valence electrons. The number of carbonyl (C=O) groups is 1. The highest BCUT2D eigenvalue weighted by atomic mass is 32.1. The van der Waals surface area contributed by atoms with Gasteiger partial charge in [0.15, 0.2) is 10.9 Å². The van der Waals surface area contributed by atoms with Gasteiger partial charge in [-0.25, -0.2) is 4.98 Å². The van der Waals surface area contributed by atoms with Gasteiger partial charge in [-0.1, -0.05) is 0 Å². The van der Waals surface area contributed by atoms with E-state index in [1.165, 1.54) is 11.3 Å². The van der Waals surface area contributed by atoms with Crippen LogP contribution in [-0.4, -0.2) is 53.9 Å². The van der Waals surface area contributed by atoms with Crippen molar-refractivity contribution in [1.29, 1.82) is 0 Å². The summed E-state index contributed by atoms with van der Waals surface area (Å²) in [5.41, 5.74) is 0.975. The number of hydrogen-bond acceptors (Lipinski definition) is 6. The molecule has 2 saturated heterocycles. The zero-order valence-electron chi connectivity index (χ0n) is 13.3. The van der Waals surface area contributed by atoms with Crippen LogP contribution in [0.1, 0.15) is 30.3 Å². The molecule has 1 unspecified atom stereocenters. The van der Waals surface area contributed by atoms with Crippen LogP contribution >= 0.6 is 11.3 Å². The van der Waals surface area contributed by atoms with Crippen molar-refractivity contribution in [2.45, 2.75) is 45.4 Å². The Hall–Kier alpha value is -1.02. The topological polar surface area (TPSA) is 63.7 Å². The molecular formula is C15H23N3O3S. The summed E-state index contributed by atoms with van der Waals surface area (Å²) in [6.07, 6.45) is 1.64. The highest BCUT2D eigenvalue weighted by Crippen LogP contribution is 2.32. The molecule has 1 amide bonds. The lowest BCUT2D eigenvalue weighted by Gasteiger charge is -2.39. The molecule has 2 aliphatic rings. The molecule has 1 atom stereocenters. The Morgan fingerprint density at radius 3 is 2.50 bits per heavy atom. The first-order valence-electron chi connectivity index (χ1n) is 7.76. The molecule has 0 aliphatic carbocycles. The van der Waals surface area contributed by atoms with E-state index >= 15 is 0 Å². The molecule has 7 heteroatoms. The predicted octanol–water partition coefficient (Wildman–Crippen LogP) is 1.93. The number of piperidine rings is 1. The lowest BCUT2D eigenvalue weighted by atomic mass is 10.0. The minimum atomic E-state index is -0.393. The van der Waals surface area contributed by atoms with E-state index in [-0.39, 0.29) is 11.9 Å². The van der Waals surface area contributed by atoms with E-state index in [2.05, 4.69) is 15.2 Å². The van der Waals surface area contributed by atoms with Crippen LogP contribution in [0, 0.1) is 13.8 Å². The number of aryl methyl sites for hydroxylation is 2. The number of anilines is 1. The van der Waals surface area contributed by atoms with E-state index in [1.54, 1.807) is 0 Å². The Bertz CT molecular complexity index is 525. The van der Waals surface area contributed by atoms with Crippen LogP contribution in [0.4, 0.5) is 5.13 Å². The minimum Gasteiger partial charge on any atom is -0.347 e. The van der Waals surface area contributed by atoms with E-state index in [4.69, 9.17) is 9.47 Å². The number of hydrogen-bond donors (Lipinski definition) is 1. The second kappa shape index (κ2) is 6.23. The number of thiazole rings is 1. The maximum atomic E-state index is 12.4. The van der Waals surface area contributed by atoms with Crippen LogP contribution in [-0.2, 0) is 14.3 Å². The Morgan fingerprint density at radius 1 is 1.32 bits per heavy atom. The molecule has 0 bridgehead atoms. The molecule has 2 aliphatic heterocycles. The zero-order chi connectivity index (χ0) is 15.7. The van der Waals surface area contributed by atoms with Gasteiger partial charge in [0.25, 0.3) is 0 Å². The van der Waals surface area contributed by atoms with Crippen molar-refractivity contribution in [3.63, 3.8) is 0 Å². The van der Waals surface area contributed by atoms with Crippen molar-refractivity contribution >= 4 is 22.4 Å². The monoisotopic (exact) mass is 325 g/mol. The fourth-order valence-corrected chi connectivity index (χ4v) is 3.76. The van der Waals surface area contributed by atoms with Gasteiger partial charge in [-0.2, -0.15) is 0 Å². The van der Waals surface area contributed by atoms with Gasteiger partial charge in [-0.3, -0.25) is 9.69 Å². The zero-order valence-corrected chi connectivity index (χ0v) is 14.2. The molecule has 6 nitrogen and oxygen atoms in total. The smallest absolute Gasteiger partial charge is 0.243 e. The second-order valence-electron chi connectivity index (χ2n) is 5.97. The Kier molecular flexibility index (Phi) is 4.49. The molecule has 3 heterocycles. The van der Waals surface area contributed by atoms with Crippen LogP contribution in [0.3, 0.4) is 0 Å². The van der Waals surface area contributed by atoms with Gasteiger partial charge in [0.2, 0.25) is 5.91 Å². The van der Waals surface area contributed by atoms with Gasteiger partial charge >= 0.3 is 0 Å². The van der Waals surface area contributed by atoms with Crippen molar-refractivity contribution in [3.05, 3.63) is 10.6 Å². The second-order valence-corrected chi connectivity index (χ2v) is 7.17. The number of likely N-dealkylation sites (tertiary alicyclic amines) is 1. The maximum absolute atomic E-state index is 12.4. The first kappa shape index (κ1) is 15.9. The average molecular weight is 325 g/mol. The van der Waals surface area contributed by atoms with Crippen molar-refractivity contribution < 1.29 is 14.3 Å². The van der Waals surface area contributed by atoms with Crippen molar-refractivity contribution in [2.24, 2.45) is 0 Å². The lowest BCUT2D eigenvalue weighted by Crippen LogP contribution is -2.51. The van der Waals surface area contributed by atoms with Crippen LogP contribution in [0.15, 0.2) is 0 Å². The van der Waals surface area contributed by atoms with Crippen LogP contribution in [0.2, 0.25) is 0 Å². The summed E-state index contributed by atoms with van der Waals surface area (Å²) in [5, 5.41) is 3.61. The first-order chi connectivity index (χ1) is 10.5. The summed E-state index contributed by atoms with van der Waals surface area (Å²) < 4.78 is 11.4. The Labute approximate surface area is 134 Å². The summed E-state index contributed by atoms with van der Waals surface area (Å²) in [4.78, 5) is 20.1. The average Bonchev–Trinajstić information content (AvgIpc) is 3.07. The van der Waals surface area contributed by atoms with Crippen LogP contribution in [0.25, 0.3) is 0 Å². The molecule has 1 spiro atoms. The Morgan fingerprint density at radius 2 is 1.95 bits per heavy atom. The summed E-state index contributed by atoms with van der Waals surface area (Å²) in [6.45, 7) is 8.89. The molecule has 0 aromatic carbocycles. The van der Waals surface area contributed by atoms with Crippen molar-refractivity contribution in [1.82, 2.24) is 9.88 Å². The third kappa shape index (κ3) is 3.17. The third-order valence-corrected chi connectivity index (χ3v) is 5.55. The number of ether oxygens (including phenoxy) is 2. The number of nitrogens with one attached hydrogen (secondary N) is 1. The summed E-state index contributed by atoms with van der Waals surface area (Å²) in [6, 6.07) is -0.178. The number of rotatable bonds is 3. The van der Waals surface area contributed by atoms with E-state index in [0.29, 0.717) is 18.3 Å². The summed E-state index contributed by atoms with van der Waals surface area (Å²) in [5.74, 6) is -0.395. The fraction of sp³-hybridized carbons (Fsp3) is 0.733. The number of aromatic nitrogens is 1. The highest BCUT2D eigenvalue weighted by Gasteiger charge is 2.41. The third-order valence-electron chi connectivity index (χ3n) is 4.56. The standard InChI is InChI=1S/C15H23N3O3S/c1-10-12(3)22-14(16-10)17-13(19)11(2)18-6-4-15(5-7-18)20-8-9-21-15/h11H,4-9H2,1-3H3,(H,16,17,19). The molecule has 1 aromatic rings. The summed E-state index contributed by atoms with van der Waals surface area (Å²) >= 11 is 1.52. The predicted molar refractivity (Wildman–Crippen MR) is 85.1 cm³/mol. The highest BCUT2D eigenvalue weighted by molar-refractivity contribution is 7.15. The first-order valence-corrected chi connectivity index (χ1v) is 8.58. The van der Waals surface area contributed by atoms with Gasteiger partial charge in [-0.15, -0.1) is 11.3 Å². The van der Waals surface area contributed by atoms with Gasteiger partial charge in [0.1, 0.15) is 0 Å². The van der Waals surface area contributed by atoms with E-state index < -0.39 is 5.79 Å². The number of nitrogens with zero attached hydrogens (tertiary/aromatic N) is 2. The van der Waals surface area contributed by atoms with Gasteiger partial charge < -0.3 is 14.8 Å². The molecule has 2 fully saturated rings. The van der Waals surface area contributed by atoms with E-state index in [1.807, 2.05) is 20.8 Å². The van der Waals surface area contributed by atoms with Crippen molar-refractivity contribution in [2.75, 3.05) is 31.6 Å². The molecule has 0 saturated carbocycles. The minimum absolute atomic E-state index is 0.00189. The number of amides is 1. The van der Waals surface area contributed by atoms with Gasteiger partial charge in [0, 0.05) is 30.8 Å². The maximum Gasteiger partial charge on any atom is 0.243 e. The van der Waals surface area contributed by atoms with E-state index in [0.717, 1.165) is 36.5 Å². The van der Waals surface area contributed by atoms with Crippen LogP contribution in [0.5, 0.6) is 0 Å².